The van der Waals surface area contributed by atoms with E-state index in [0.717, 1.165) is 22.1 Å². The lowest BCUT2D eigenvalue weighted by Crippen LogP contribution is -2.44. The maximum atomic E-state index is 13.0. The summed E-state index contributed by atoms with van der Waals surface area (Å²) in [6.45, 7) is 6.85. The molecular weight excluding hydrogens is 516 g/mol. The van der Waals surface area contributed by atoms with Gasteiger partial charge in [0.05, 0.1) is 4.90 Å². The zero-order valence-corrected chi connectivity index (χ0v) is 22.7. The van der Waals surface area contributed by atoms with Crippen LogP contribution in [0.2, 0.25) is 0 Å². The number of aryl methyl sites for hydroxylation is 1. The van der Waals surface area contributed by atoms with Crippen molar-refractivity contribution in [2.24, 2.45) is 5.92 Å². The predicted octanol–water partition coefficient (Wildman–Crippen LogP) is 5.42. The predicted molar refractivity (Wildman–Crippen MR) is 150 cm³/mol. The van der Waals surface area contributed by atoms with Crippen LogP contribution in [0.4, 0.5) is 5.69 Å². The van der Waals surface area contributed by atoms with Gasteiger partial charge in [-0.1, -0.05) is 50.1 Å². The third kappa shape index (κ3) is 5.87. The molecule has 0 fully saturated rings. The summed E-state index contributed by atoms with van der Waals surface area (Å²) in [7, 11) is -4.01. The van der Waals surface area contributed by atoms with Gasteiger partial charge in [-0.05, 0) is 67.3 Å². The molecule has 1 aromatic heterocycles. The summed E-state index contributed by atoms with van der Waals surface area (Å²) >= 11 is 0. The molecule has 1 heterocycles. The monoisotopic (exact) mass is 544 g/mol. The molecule has 4 rings (SSSR count). The number of nitrogens with one attached hydrogen (secondary N) is 2. The Kier molecular flexibility index (Phi) is 7.90. The number of amides is 1. The number of fused-ring (bicyclic) bond motifs is 1. The second kappa shape index (κ2) is 11.2. The van der Waals surface area contributed by atoms with Crippen LogP contribution >= 0.6 is 0 Å². The molecule has 39 heavy (non-hydrogen) atoms. The fraction of sp³-hybridized carbons (Fsp3) is 0.200. The van der Waals surface area contributed by atoms with E-state index in [-0.39, 0.29) is 16.6 Å². The normalized spacial score (nSPS) is 12.1. The van der Waals surface area contributed by atoms with Crippen molar-refractivity contribution in [3.8, 4) is 23.0 Å². The van der Waals surface area contributed by atoms with Gasteiger partial charge < -0.3 is 14.8 Å². The fourth-order valence-corrected chi connectivity index (χ4v) is 5.56. The van der Waals surface area contributed by atoms with Crippen LogP contribution < -0.4 is 10.0 Å². The third-order valence-electron chi connectivity index (χ3n) is 6.28. The molecule has 9 heteroatoms. The van der Waals surface area contributed by atoms with E-state index in [9.17, 15) is 23.1 Å². The zero-order valence-electron chi connectivity index (χ0n) is 21.9. The average Bonchev–Trinajstić information content (AvgIpc) is 3.25. The Bertz CT molecular complexity index is 1710. The number of furan rings is 1. The molecule has 1 atom stereocenters. The average molecular weight is 545 g/mol. The fourth-order valence-electron chi connectivity index (χ4n) is 4.23. The van der Waals surface area contributed by atoms with E-state index >= 15 is 0 Å². The molecule has 4 aromatic rings. The summed E-state index contributed by atoms with van der Waals surface area (Å²) in [6, 6.07) is 17.5. The number of carboxylic acids is 1. The Morgan fingerprint density at radius 3 is 2.13 bits per heavy atom. The topological polar surface area (TPSA) is 126 Å². The Hall–Kier alpha value is -4.39. The van der Waals surface area contributed by atoms with Crippen LogP contribution in [0.3, 0.4) is 0 Å². The Morgan fingerprint density at radius 2 is 1.56 bits per heavy atom. The molecule has 8 nitrogen and oxygen atoms in total. The summed E-state index contributed by atoms with van der Waals surface area (Å²) in [5, 5.41) is 13.0. The minimum atomic E-state index is -4.01. The van der Waals surface area contributed by atoms with E-state index in [0.29, 0.717) is 16.8 Å². The molecule has 200 valence electrons. The molecule has 3 N–H and O–H groups in total. The van der Waals surface area contributed by atoms with E-state index in [1.54, 1.807) is 63.2 Å². The lowest BCUT2D eigenvalue weighted by Gasteiger charge is -2.18. The summed E-state index contributed by atoms with van der Waals surface area (Å²) in [6.07, 6.45) is 0. The number of hydrogen-bond donors (Lipinski definition) is 3. The highest BCUT2D eigenvalue weighted by Gasteiger charge is 2.28. The highest BCUT2D eigenvalue weighted by molar-refractivity contribution is 7.89. The van der Waals surface area contributed by atoms with Crippen LogP contribution in [0, 0.1) is 24.7 Å². The SMILES string of the molecule is CC#Cc1cccc2oc(C(=O)Nc3ccc(-c4ccc(S(=O)(=O)N[C@H](C(=O)O)C(C)C)cc4)cc3)c(C)c12. The van der Waals surface area contributed by atoms with Crippen molar-refractivity contribution in [3.05, 3.63) is 83.6 Å². The van der Waals surface area contributed by atoms with Crippen molar-refractivity contribution in [2.75, 3.05) is 5.32 Å². The van der Waals surface area contributed by atoms with Crippen molar-refractivity contribution in [3.63, 3.8) is 0 Å². The number of rotatable bonds is 8. The van der Waals surface area contributed by atoms with Crippen molar-refractivity contribution in [1.29, 1.82) is 0 Å². The second-order valence-corrected chi connectivity index (χ2v) is 11.1. The number of carbonyl (C=O) groups excluding carboxylic acids is 1. The van der Waals surface area contributed by atoms with Gasteiger partial charge in [-0.15, -0.1) is 5.92 Å². The molecule has 0 saturated heterocycles. The first-order chi connectivity index (χ1) is 18.5. The van der Waals surface area contributed by atoms with Crippen LogP contribution in [-0.2, 0) is 14.8 Å². The number of anilines is 1. The van der Waals surface area contributed by atoms with Gasteiger partial charge in [0.2, 0.25) is 10.0 Å². The Balaban J connectivity index is 1.49. The lowest BCUT2D eigenvalue weighted by molar-refractivity contribution is -0.140. The molecule has 0 saturated carbocycles. The second-order valence-electron chi connectivity index (χ2n) is 9.35. The number of sulfonamides is 1. The van der Waals surface area contributed by atoms with Gasteiger partial charge in [-0.3, -0.25) is 9.59 Å². The van der Waals surface area contributed by atoms with E-state index in [1.165, 1.54) is 12.1 Å². The molecule has 0 aliphatic rings. The van der Waals surface area contributed by atoms with Gasteiger partial charge in [-0.25, -0.2) is 8.42 Å². The molecule has 1 amide bonds. The first kappa shape index (κ1) is 27.6. The molecule has 0 unspecified atom stereocenters. The largest absolute Gasteiger partial charge is 0.480 e. The smallest absolute Gasteiger partial charge is 0.322 e. The minimum Gasteiger partial charge on any atom is -0.480 e. The van der Waals surface area contributed by atoms with Crippen molar-refractivity contribution in [1.82, 2.24) is 4.72 Å². The maximum Gasteiger partial charge on any atom is 0.322 e. The first-order valence-electron chi connectivity index (χ1n) is 12.2. The first-order valence-corrected chi connectivity index (χ1v) is 13.7. The molecular formula is C30H28N2O6S. The Labute approximate surface area is 227 Å². The van der Waals surface area contributed by atoms with Crippen LogP contribution in [0.25, 0.3) is 22.1 Å². The number of hydrogen-bond acceptors (Lipinski definition) is 5. The summed E-state index contributed by atoms with van der Waals surface area (Å²) in [4.78, 5) is 24.3. The lowest BCUT2D eigenvalue weighted by atomic mass is 10.1. The summed E-state index contributed by atoms with van der Waals surface area (Å²) in [5.74, 6) is 4.11. The van der Waals surface area contributed by atoms with Gasteiger partial charge >= 0.3 is 5.97 Å². The molecule has 0 spiro atoms. The molecule has 0 radical (unpaired) electrons. The van der Waals surface area contributed by atoms with Crippen molar-refractivity contribution >= 4 is 38.6 Å². The van der Waals surface area contributed by atoms with Gasteiger partial charge in [-0.2, -0.15) is 4.72 Å². The molecule has 3 aromatic carbocycles. The third-order valence-corrected chi connectivity index (χ3v) is 7.73. The van der Waals surface area contributed by atoms with Crippen molar-refractivity contribution in [2.45, 2.75) is 38.6 Å². The van der Waals surface area contributed by atoms with Crippen LogP contribution in [-0.4, -0.2) is 31.4 Å². The van der Waals surface area contributed by atoms with E-state index in [4.69, 9.17) is 4.42 Å². The number of carboxylic acid groups (broad SMARTS) is 1. The van der Waals surface area contributed by atoms with Gasteiger partial charge in [0.1, 0.15) is 11.6 Å². The van der Waals surface area contributed by atoms with Gasteiger partial charge in [0.25, 0.3) is 5.91 Å². The standard InChI is InChI=1S/C30H28N2O6S/c1-5-7-22-8-6-9-25-26(22)19(4)28(38-25)29(33)31-23-14-10-20(11-15-23)21-12-16-24(17-13-21)39(36,37)32-27(18(2)3)30(34)35/h6,8-18,27,32H,1-4H3,(H,31,33)(H,34,35)/t27-/m0/s1. The summed E-state index contributed by atoms with van der Waals surface area (Å²) in [5.41, 5.74) is 4.23. The summed E-state index contributed by atoms with van der Waals surface area (Å²) < 4.78 is 33.4. The molecule has 0 bridgehead atoms. The highest BCUT2D eigenvalue weighted by Crippen LogP contribution is 2.29. The maximum absolute atomic E-state index is 13.0. The number of aliphatic carboxylic acids is 1. The number of benzene rings is 3. The van der Waals surface area contributed by atoms with Crippen LogP contribution in [0.1, 0.15) is 42.5 Å². The molecule has 0 aliphatic carbocycles. The highest BCUT2D eigenvalue weighted by atomic mass is 32.2. The minimum absolute atomic E-state index is 0.0312. The Morgan fingerprint density at radius 1 is 0.949 bits per heavy atom. The van der Waals surface area contributed by atoms with E-state index in [2.05, 4.69) is 21.9 Å². The van der Waals surface area contributed by atoms with E-state index in [1.807, 2.05) is 19.1 Å². The van der Waals surface area contributed by atoms with E-state index < -0.39 is 28.0 Å². The quantitative estimate of drug-likeness (QED) is 0.254. The van der Waals surface area contributed by atoms with Crippen LogP contribution in [0.5, 0.6) is 0 Å². The number of carbonyl (C=O) groups is 2. The van der Waals surface area contributed by atoms with Crippen molar-refractivity contribution < 1.29 is 27.5 Å². The molecule has 0 aliphatic heterocycles. The van der Waals surface area contributed by atoms with Crippen LogP contribution in [0.15, 0.2) is 76.0 Å². The van der Waals surface area contributed by atoms with Gasteiger partial charge in [0, 0.05) is 22.2 Å². The van der Waals surface area contributed by atoms with Gasteiger partial charge in [0.15, 0.2) is 5.76 Å². The zero-order chi connectivity index (χ0) is 28.3.